The van der Waals surface area contributed by atoms with Crippen molar-refractivity contribution in [2.24, 2.45) is 0 Å². The summed E-state index contributed by atoms with van der Waals surface area (Å²) >= 11 is 5.24. The first kappa shape index (κ1) is 9.96. The molecule has 1 heterocycles. The Bertz CT molecular complexity index is 278. The Morgan fingerprint density at radius 3 is 3.00 bits per heavy atom. The topological polar surface area (TPSA) is 12.0 Å². The highest BCUT2D eigenvalue weighted by Crippen LogP contribution is 2.24. The van der Waals surface area contributed by atoms with Crippen LogP contribution in [0.3, 0.4) is 0 Å². The average molecular weight is 246 g/mol. The molecule has 66 valence electrons. The van der Waals surface area contributed by atoms with Gasteiger partial charge in [0.1, 0.15) is 0 Å². The fraction of sp³-hybridized carbons (Fsp3) is 0.333. The van der Waals surface area contributed by atoms with E-state index in [-0.39, 0.29) is 0 Å². The Kier molecular flexibility index (Phi) is 3.98. The third-order valence-electron chi connectivity index (χ3n) is 1.48. The Morgan fingerprint density at radius 2 is 2.50 bits per heavy atom. The second-order valence-electron chi connectivity index (χ2n) is 2.65. The van der Waals surface area contributed by atoms with Crippen LogP contribution in [-0.2, 0) is 0 Å². The molecular weight excluding hydrogens is 234 g/mol. The van der Waals surface area contributed by atoms with Gasteiger partial charge in [0.05, 0.1) is 0 Å². The number of rotatable bonds is 3. The lowest BCUT2D eigenvalue weighted by Gasteiger charge is -1.97. The van der Waals surface area contributed by atoms with Gasteiger partial charge < -0.3 is 5.32 Å². The fourth-order valence-corrected chi connectivity index (χ4v) is 2.46. The first-order valence-electron chi connectivity index (χ1n) is 3.79. The van der Waals surface area contributed by atoms with Gasteiger partial charge in [-0.25, -0.2) is 0 Å². The summed E-state index contributed by atoms with van der Waals surface area (Å²) in [4.78, 5) is 1.29. The summed E-state index contributed by atoms with van der Waals surface area (Å²) in [6, 6.07) is 2.07. The SMILES string of the molecule is CNC/C(C)=C/c1sccc1Br. The van der Waals surface area contributed by atoms with Crippen LogP contribution in [0, 0.1) is 0 Å². The second kappa shape index (κ2) is 4.80. The minimum Gasteiger partial charge on any atom is -0.316 e. The van der Waals surface area contributed by atoms with Gasteiger partial charge in [-0.15, -0.1) is 11.3 Å². The second-order valence-corrected chi connectivity index (χ2v) is 4.46. The zero-order valence-corrected chi connectivity index (χ0v) is 9.63. The van der Waals surface area contributed by atoms with Crippen molar-refractivity contribution in [2.45, 2.75) is 6.92 Å². The highest BCUT2D eigenvalue weighted by Gasteiger charge is 1.97. The van der Waals surface area contributed by atoms with Gasteiger partial charge in [0, 0.05) is 15.9 Å². The van der Waals surface area contributed by atoms with Crippen molar-refractivity contribution in [3.05, 3.63) is 26.4 Å². The predicted molar refractivity (Wildman–Crippen MR) is 59.6 cm³/mol. The molecule has 1 N–H and O–H groups in total. The lowest BCUT2D eigenvalue weighted by Crippen LogP contribution is -2.08. The molecule has 0 saturated heterocycles. The van der Waals surface area contributed by atoms with E-state index in [1.165, 1.54) is 14.9 Å². The van der Waals surface area contributed by atoms with Crippen LogP contribution in [0.4, 0.5) is 0 Å². The third-order valence-corrected chi connectivity index (χ3v) is 3.30. The standard InChI is InChI=1S/C9H12BrNS/c1-7(6-11-2)5-9-8(10)3-4-12-9/h3-5,11H,6H2,1-2H3/b7-5+. The van der Waals surface area contributed by atoms with E-state index in [2.05, 4.69) is 45.7 Å². The number of nitrogens with one attached hydrogen (secondary N) is 1. The minimum absolute atomic E-state index is 0.949. The Hall–Kier alpha value is -0.120. The summed E-state index contributed by atoms with van der Waals surface area (Å²) in [7, 11) is 1.96. The molecule has 1 rings (SSSR count). The maximum absolute atomic E-state index is 3.49. The maximum atomic E-state index is 3.49. The van der Waals surface area contributed by atoms with Crippen LogP contribution in [0.5, 0.6) is 0 Å². The van der Waals surface area contributed by atoms with E-state index in [1.54, 1.807) is 11.3 Å². The first-order chi connectivity index (χ1) is 5.74. The molecule has 0 aliphatic heterocycles. The van der Waals surface area contributed by atoms with E-state index in [0.717, 1.165) is 6.54 Å². The zero-order valence-electron chi connectivity index (χ0n) is 7.23. The smallest absolute Gasteiger partial charge is 0.0412 e. The summed E-state index contributed by atoms with van der Waals surface area (Å²) in [5.41, 5.74) is 1.35. The van der Waals surface area contributed by atoms with Crippen LogP contribution >= 0.6 is 27.3 Å². The van der Waals surface area contributed by atoms with Crippen molar-refractivity contribution in [1.29, 1.82) is 0 Å². The zero-order chi connectivity index (χ0) is 8.97. The molecule has 0 fully saturated rings. The molecule has 1 nitrogen and oxygen atoms in total. The minimum atomic E-state index is 0.949. The quantitative estimate of drug-likeness (QED) is 0.863. The number of halogens is 1. The summed E-state index contributed by atoms with van der Waals surface area (Å²) in [6.45, 7) is 3.08. The molecule has 0 atom stereocenters. The van der Waals surface area contributed by atoms with Crippen molar-refractivity contribution >= 4 is 33.3 Å². The Balaban J connectivity index is 2.73. The van der Waals surface area contributed by atoms with Gasteiger partial charge in [0.25, 0.3) is 0 Å². The van der Waals surface area contributed by atoms with Crippen molar-refractivity contribution in [2.75, 3.05) is 13.6 Å². The predicted octanol–water partition coefficient (Wildman–Crippen LogP) is 3.13. The number of thiophene rings is 1. The van der Waals surface area contributed by atoms with Crippen LogP contribution < -0.4 is 5.32 Å². The number of likely N-dealkylation sites (N-methyl/N-ethyl adjacent to an activating group) is 1. The molecule has 0 aliphatic carbocycles. The van der Waals surface area contributed by atoms with Gasteiger partial charge in [-0.05, 0) is 47.4 Å². The van der Waals surface area contributed by atoms with Gasteiger partial charge in [0.15, 0.2) is 0 Å². The summed E-state index contributed by atoms with van der Waals surface area (Å²) in [6.07, 6.45) is 2.20. The molecule has 1 aromatic heterocycles. The summed E-state index contributed by atoms with van der Waals surface area (Å²) < 4.78 is 1.18. The van der Waals surface area contributed by atoms with E-state index in [9.17, 15) is 0 Å². The van der Waals surface area contributed by atoms with Gasteiger partial charge in [-0.1, -0.05) is 5.57 Å². The Morgan fingerprint density at radius 1 is 1.75 bits per heavy atom. The van der Waals surface area contributed by atoms with Crippen LogP contribution in [-0.4, -0.2) is 13.6 Å². The van der Waals surface area contributed by atoms with Crippen LogP contribution in [0.15, 0.2) is 21.5 Å². The molecule has 0 unspecified atom stereocenters. The first-order valence-corrected chi connectivity index (χ1v) is 5.46. The molecule has 0 spiro atoms. The van der Waals surface area contributed by atoms with E-state index in [1.807, 2.05) is 7.05 Å². The monoisotopic (exact) mass is 245 g/mol. The van der Waals surface area contributed by atoms with Gasteiger partial charge in [-0.2, -0.15) is 0 Å². The molecule has 0 radical (unpaired) electrons. The van der Waals surface area contributed by atoms with Crippen molar-refractivity contribution in [1.82, 2.24) is 5.32 Å². The van der Waals surface area contributed by atoms with Crippen LogP contribution in [0.1, 0.15) is 11.8 Å². The summed E-state index contributed by atoms with van der Waals surface area (Å²) in [5.74, 6) is 0. The molecular formula is C9H12BrNS. The maximum Gasteiger partial charge on any atom is 0.0412 e. The number of hydrogen-bond acceptors (Lipinski definition) is 2. The molecule has 0 aromatic carbocycles. The largest absolute Gasteiger partial charge is 0.316 e. The van der Waals surface area contributed by atoms with Crippen molar-refractivity contribution in [3.8, 4) is 0 Å². The molecule has 3 heteroatoms. The average Bonchev–Trinajstić information content (AvgIpc) is 2.37. The van der Waals surface area contributed by atoms with E-state index in [4.69, 9.17) is 0 Å². The van der Waals surface area contributed by atoms with E-state index in [0.29, 0.717) is 0 Å². The van der Waals surface area contributed by atoms with E-state index < -0.39 is 0 Å². The normalized spacial score (nSPS) is 12.1. The van der Waals surface area contributed by atoms with Gasteiger partial charge in [0.2, 0.25) is 0 Å². The van der Waals surface area contributed by atoms with Crippen LogP contribution in [0.2, 0.25) is 0 Å². The van der Waals surface area contributed by atoms with Crippen molar-refractivity contribution < 1.29 is 0 Å². The molecule has 1 aromatic rings. The number of hydrogen-bond donors (Lipinski definition) is 1. The molecule has 0 saturated carbocycles. The van der Waals surface area contributed by atoms with Gasteiger partial charge >= 0.3 is 0 Å². The van der Waals surface area contributed by atoms with Gasteiger partial charge in [-0.3, -0.25) is 0 Å². The van der Waals surface area contributed by atoms with E-state index >= 15 is 0 Å². The lowest BCUT2D eigenvalue weighted by molar-refractivity contribution is 0.885. The fourth-order valence-electron chi connectivity index (χ4n) is 0.962. The van der Waals surface area contributed by atoms with Crippen LogP contribution in [0.25, 0.3) is 6.08 Å². The molecule has 12 heavy (non-hydrogen) atoms. The lowest BCUT2D eigenvalue weighted by atomic mass is 10.2. The molecule has 0 amide bonds. The summed E-state index contributed by atoms with van der Waals surface area (Å²) in [5, 5.41) is 5.21. The highest BCUT2D eigenvalue weighted by molar-refractivity contribution is 9.10. The molecule has 0 bridgehead atoms. The molecule has 0 aliphatic rings. The van der Waals surface area contributed by atoms with Crippen molar-refractivity contribution in [3.63, 3.8) is 0 Å². The third kappa shape index (κ3) is 2.73. The Labute approximate surface area is 85.6 Å². The highest BCUT2D eigenvalue weighted by atomic mass is 79.9.